The Morgan fingerprint density at radius 3 is 2.52 bits per heavy atom. The second-order valence-electron chi connectivity index (χ2n) is 6.68. The summed E-state index contributed by atoms with van der Waals surface area (Å²) in [5, 5.41) is 22.2. The Bertz CT molecular complexity index is 949. The maximum Gasteiger partial charge on any atom is 0.181 e. The minimum absolute atomic E-state index is 0.169. The number of aromatic nitrogens is 6. The second-order valence-corrected chi connectivity index (χ2v) is 6.68. The molecule has 126 valence electrons. The van der Waals surface area contributed by atoms with Crippen molar-refractivity contribution in [2.75, 3.05) is 0 Å². The topological polar surface area (TPSA) is 85.2 Å². The Kier molecular flexibility index (Phi) is 4.19. The molecule has 0 radical (unpaired) electrons. The fourth-order valence-electron chi connectivity index (χ4n) is 2.29. The molecule has 1 aromatic carbocycles. The lowest BCUT2D eigenvalue weighted by molar-refractivity contribution is 0.347. The van der Waals surface area contributed by atoms with Crippen molar-refractivity contribution in [1.29, 1.82) is 5.26 Å². The molecule has 0 unspecified atom stereocenters. The summed E-state index contributed by atoms with van der Waals surface area (Å²) in [6.45, 7) is 6.11. The third kappa shape index (κ3) is 3.48. The zero-order valence-corrected chi connectivity index (χ0v) is 14.7. The third-order valence-electron chi connectivity index (χ3n) is 3.65. The summed E-state index contributed by atoms with van der Waals surface area (Å²) in [6, 6.07) is 11.8. The van der Waals surface area contributed by atoms with E-state index < -0.39 is 0 Å². The minimum Gasteiger partial charge on any atom is -0.248 e. The fraction of sp³-hybridized carbons (Fsp3) is 0.278. The van der Waals surface area contributed by atoms with Crippen LogP contribution in [0.5, 0.6) is 0 Å². The Balaban J connectivity index is 1.98. The molecule has 3 rings (SSSR count). The van der Waals surface area contributed by atoms with Crippen molar-refractivity contribution in [3.63, 3.8) is 0 Å². The number of nitriles is 1. The molecule has 0 saturated carbocycles. The Hall–Kier alpha value is -3.27. The molecule has 0 spiro atoms. The Morgan fingerprint density at radius 2 is 1.92 bits per heavy atom. The summed E-state index contributed by atoms with van der Waals surface area (Å²) in [6.07, 6.45) is 3.49. The molecular formula is C18H19N7. The molecule has 0 atom stereocenters. The molecule has 2 heterocycles. The first-order chi connectivity index (χ1) is 11.9. The molecule has 0 aliphatic carbocycles. The van der Waals surface area contributed by atoms with Gasteiger partial charge in [-0.25, -0.2) is 14.3 Å². The summed E-state index contributed by atoms with van der Waals surface area (Å²) in [5.41, 5.74) is 1.73. The molecule has 2 aromatic heterocycles. The summed E-state index contributed by atoms with van der Waals surface area (Å²) < 4.78 is 3.37. The molecule has 0 N–H and O–H groups in total. The summed E-state index contributed by atoms with van der Waals surface area (Å²) in [4.78, 5) is 4.51. The molecule has 25 heavy (non-hydrogen) atoms. The van der Waals surface area contributed by atoms with E-state index in [4.69, 9.17) is 0 Å². The van der Waals surface area contributed by atoms with Crippen molar-refractivity contribution >= 4 is 11.6 Å². The molecule has 3 aromatic rings. The minimum atomic E-state index is -0.169. The maximum atomic E-state index is 9.56. The highest BCUT2D eigenvalue weighted by Crippen LogP contribution is 2.20. The van der Waals surface area contributed by atoms with Gasteiger partial charge < -0.3 is 0 Å². The van der Waals surface area contributed by atoms with Crippen molar-refractivity contribution in [2.24, 2.45) is 7.05 Å². The molecule has 0 aliphatic heterocycles. The van der Waals surface area contributed by atoms with Crippen LogP contribution in [0.15, 0.2) is 36.5 Å². The lowest BCUT2D eigenvalue weighted by Gasteiger charge is -2.17. The normalized spacial score (nSPS) is 12.2. The van der Waals surface area contributed by atoms with Gasteiger partial charge in [0, 0.05) is 12.6 Å². The van der Waals surface area contributed by atoms with Crippen molar-refractivity contribution in [3.05, 3.63) is 48.0 Å². The van der Waals surface area contributed by atoms with Gasteiger partial charge in [-0.2, -0.15) is 10.4 Å². The van der Waals surface area contributed by atoms with Crippen LogP contribution in [-0.2, 0) is 12.6 Å². The van der Waals surface area contributed by atoms with E-state index in [1.54, 1.807) is 22.5 Å². The smallest absolute Gasteiger partial charge is 0.181 e. The first-order valence-corrected chi connectivity index (χ1v) is 7.90. The number of benzene rings is 1. The first kappa shape index (κ1) is 16.6. The van der Waals surface area contributed by atoms with Gasteiger partial charge in [0.25, 0.3) is 0 Å². The van der Waals surface area contributed by atoms with Crippen molar-refractivity contribution in [1.82, 2.24) is 29.8 Å². The number of allylic oxidation sites excluding steroid dienone is 1. The highest BCUT2D eigenvalue weighted by atomic mass is 15.4. The van der Waals surface area contributed by atoms with E-state index in [-0.39, 0.29) is 5.54 Å². The van der Waals surface area contributed by atoms with Crippen LogP contribution in [0.1, 0.15) is 32.3 Å². The average Bonchev–Trinajstić information content (AvgIpc) is 3.20. The number of rotatable bonds is 3. The highest BCUT2D eigenvalue weighted by molar-refractivity contribution is 5.86. The van der Waals surface area contributed by atoms with Gasteiger partial charge >= 0.3 is 0 Å². The van der Waals surface area contributed by atoms with Crippen molar-refractivity contribution < 1.29 is 0 Å². The molecule has 0 bridgehead atoms. The van der Waals surface area contributed by atoms with E-state index in [1.165, 1.54) is 0 Å². The molecule has 7 nitrogen and oxygen atoms in total. The van der Waals surface area contributed by atoms with Gasteiger partial charge in [0.15, 0.2) is 11.6 Å². The monoisotopic (exact) mass is 333 g/mol. The van der Waals surface area contributed by atoms with Gasteiger partial charge in [0.1, 0.15) is 11.8 Å². The Labute approximate surface area is 146 Å². The van der Waals surface area contributed by atoms with Crippen LogP contribution in [0.3, 0.4) is 0 Å². The van der Waals surface area contributed by atoms with Crippen LogP contribution in [0.2, 0.25) is 0 Å². The van der Waals surface area contributed by atoms with Gasteiger partial charge in [-0.1, -0.05) is 35.5 Å². The van der Waals surface area contributed by atoms with Crippen LogP contribution < -0.4 is 0 Å². The van der Waals surface area contributed by atoms with Crippen LogP contribution in [0, 0.1) is 11.3 Å². The van der Waals surface area contributed by atoms with Gasteiger partial charge in [-0.3, -0.25) is 0 Å². The quantitative estimate of drug-likeness (QED) is 0.688. The first-order valence-electron chi connectivity index (χ1n) is 7.90. The van der Waals surface area contributed by atoms with Gasteiger partial charge in [0.05, 0.1) is 17.3 Å². The van der Waals surface area contributed by atoms with E-state index in [9.17, 15) is 5.26 Å². The van der Waals surface area contributed by atoms with Gasteiger partial charge in [-0.15, -0.1) is 5.10 Å². The van der Waals surface area contributed by atoms with Crippen LogP contribution in [0.25, 0.3) is 23.0 Å². The number of aryl methyl sites for hydroxylation is 1. The fourth-order valence-corrected chi connectivity index (χ4v) is 2.29. The summed E-state index contributed by atoms with van der Waals surface area (Å²) in [5.74, 6) is 1.07. The number of hydrogen-bond donors (Lipinski definition) is 0. The van der Waals surface area contributed by atoms with E-state index in [1.807, 2.05) is 57.3 Å². The molecule has 0 saturated heterocycles. The lowest BCUT2D eigenvalue weighted by Crippen LogP contribution is -2.22. The largest absolute Gasteiger partial charge is 0.248 e. The van der Waals surface area contributed by atoms with Crippen molar-refractivity contribution in [2.45, 2.75) is 26.3 Å². The van der Waals surface area contributed by atoms with Crippen LogP contribution in [-0.4, -0.2) is 29.8 Å². The van der Waals surface area contributed by atoms with Crippen LogP contribution >= 0.6 is 0 Å². The lowest BCUT2D eigenvalue weighted by atomic mass is 10.1. The maximum absolute atomic E-state index is 9.56. The van der Waals surface area contributed by atoms with E-state index in [0.29, 0.717) is 22.9 Å². The van der Waals surface area contributed by atoms with E-state index in [0.717, 1.165) is 5.56 Å². The zero-order valence-electron chi connectivity index (χ0n) is 14.7. The van der Waals surface area contributed by atoms with Gasteiger partial charge in [-0.05, 0) is 26.8 Å². The van der Waals surface area contributed by atoms with E-state index in [2.05, 4.69) is 26.5 Å². The third-order valence-corrected chi connectivity index (χ3v) is 3.65. The predicted molar refractivity (Wildman–Crippen MR) is 94.9 cm³/mol. The summed E-state index contributed by atoms with van der Waals surface area (Å²) >= 11 is 0. The molecule has 7 heteroatoms. The molecular weight excluding hydrogens is 314 g/mol. The zero-order chi connectivity index (χ0) is 18.0. The highest BCUT2D eigenvalue weighted by Gasteiger charge is 2.17. The SMILES string of the molecule is Cn1nc(-c2ccccc2)nc1/C(C#N)=C/c1cn(C(C)(C)C)nn1. The standard InChI is InChI=1S/C18H19N7/c1-18(2,3)25-12-15(21-23-25)10-14(11-19)17-20-16(22-24(17)4)13-8-6-5-7-9-13/h5-10,12H,1-4H3/b14-10+. The van der Waals surface area contributed by atoms with Crippen LogP contribution in [0.4, 0.5) is 0 Å². The van der Waals surface area contributed by atoms with Crippen molar-refractivity contribution in [3.8, 4) is 17.5 Å². The molecule has 0 aliphatic rings. The number of hydrogen-bond acceptors (Lipinski definition) is 5. The summed E-state index contributed by atoms with van der Waals surface area (Å²) in [7, 11) is 1.77. The average molecular weight is 333 g/mol. The van der Waals surface area contributed by atoms with Gasteiger partial charge in [0.2, 0.25) is 0 Å². The second kappa shape index (κ2) is 6.32. The predicted octanol–water partition coefficient (Wildman–Crippen LogP) is 2.89. The molecule has 0 fully saturated rings. The molecule has 0 amide bonds. The number of nitrogens with zero attached hydrogens (tertiary/aromatic N) is 7. The van der Waals surface area contributed by atoms with E-state index >= 15 is 0 Å². The Morgan fingerprint density at radius 1 is 1.20 bits per heavy atom.